The van der Waals surface area contributed by atoms with Gasteiger partial charge in [-0.2, -0.15) is 0 Å². The molecule has 0 amide bonds. The Labute approximate surface area is 443 Å². The molecule has 0 radical (unpaired) electrons. The summed E-state index contributed by atoms with van der Waals surface area (Å²) < 4.78 is 28.4. The molecule has 0 saturated carbocycles. The predicted molar refractivity (Wildman–Crippen MR) is 294 cm³/mol. The molecular weight excluding hydrogens is 925 g/mol. The van der Waals surface area contributed by atoms with Crippen LogP contribution in [0.25, 0.3) is 0 Å². The number of carbonyl (C=O) groups is 4. The summed E-state index contributed by atoms with van der Waals surface area (Å²) in [6, 6.07) is 0. The van der Waals surface area contributed by atoms with Gasteiger partial charge in [-0.1, -0.05) is 216 Å². The van der Waals surface area contributed by atoms with E-state index >= 15 is 0 Å². The Morgan fingerprint density at radius 3 is 1.37 bits per heavy atom. The number of hydrogen-bond donors (Lipinski definition) is 3. The number of unbranched alkanes of at least 4 members (excludes halogenated alkanes) is 25. The fourth-order valence-corrected chi connectivity index (χ4v) is 8.60. The molecule has 0 aromatic heterocycles. The third-order valence-electron chi connectivity index (χ3n) is 13.1. The minimum absolute atomic E-state index is 0.0481. The van der Waals surface area contributed by atoms with E-state index in [4.69, 9.17) is 23.7 Å². The molecule has 1 fully saturated rings. The largest absolute Gasteiger partial charge is 0.479 e. The Kier molecular flexibility index (Phi) is 45.5. The van der Waals surface area contributed by atoms with E-state index in [0.717, 1.165) is 135 Å². The molecule has 73 heavy (non-hydrogen) atoms. The Hall–Kier alpha value is -3.58. The van der Waals surface area contributed by atoms with Gasteiger partial charge in [0.05, 0.1) is 6.61 Å². The summed E-state index contributed by atoms with van der Waals surface area (Å²) >= 11 is 0. The summed E-state index contributed by atoms with van der Waals surface area (Å²) in [5, 5.41) is 31.5. The summed E-state index contributed by atoms with van der Waals surface area (Å²) in [6.45, 7) is 5.81. The second-order valence-electron chi connectivity index (χ2n) is 19.9. The van der Waals surface area contributed by atoms with Crippen molar-refractivity contribution in [1.82, 2.24) is 0 Å². The molecule has 6 atom stereocenters. The van der Waals surface area contributed by atoms with Crippen molar-refractivity contribution in [1.29, 1.82) is 0 Å². The fourth-order valence-electron chi connectivity index (χ4n) is 8.60. The van der Waals surface area contributed by atoms with Gasteiger partial charge in [0.2, 0.25) is 0 Å². The number of ether oxygens (including phenoxy) is 5. The van der Waals surface area contributed by atoms with Gasteiger partial charge in [-0.15, -0.1) is 0 Å². The van der Waals surface area contributed by atoms with E-state index in [9.17, 15) is 34.5 Å². The lowest BCUT2D eigenvalue weighted by atomic mass is 9.98. The van der Waals surface area contributed by atoms with Crippen molar-refractivity contribution in [3.63, 3.8) is 0 Å². The molecule has 1 heterocycles. The van der Waals surface area contributed by atoms with E-state index in [1.165, 1.54) is 57.8 Å². The van der Waals surface area contributed by atoms with Crippen LogP contribution < -0.4 is 0 Å². The van der Waals surface area contributed by atoms with Gasteiger partial charge in [-0.3, -0.25) is 14.4 Å². The van der Waals surface area contributed by atoms with Crippen molar-refractivity contribution < 1.29 is 58.2 Å². The van der Waals surface area contributed by atoms with Crippen LogP contribution in [0.5, 0.6) is 0 Å². The van der Waals surface area contributed by atoms with E-state index in [2.05, 4.69) is 81.5 Å². The molecule has 1 aliphatic heterocycles. The van der Waals surface area contributed by atoms with Crippen LogP contribution in [0.3, 0.4) is 0 Å². The molecule has 0 aromatic carbocycles. The lowest BCUT2D eigenvalue weighted by molar-refractivity contribution is -0.301. The van der Waals surface area contributed by atoms with Gasteiger partial charge in [-0.25, -0.2) is 4.79 Å². The average Bonchev–Trinajstić information content (AvgIpc) is 3.37. The first-order valence-electron chi connectivity index (χ1n) is 29.3. The number of carbonyl (C=O) groups excluding carboxylic acids is 3. The molecule has 0 aromatic rings. The monoisotopic (exact) mass is 1030 g/mol. The Bertz CT molecular complexity index is 1500. The van der Waals surface area contributed by atoms with E-state index in [0.29, 0.717) is 19.3 Å². The van der Waals surface area contributed by atoms with Crippen LogP contribution >= 0.6 is 0 Å². The van der Waals surface area contributed by atoms with Gasteiger partial charge >= 0.3 is 23.9 Å². The third kappa shape index (κ3) is 39.5. The van der Waals surface area contributed by atoms with E-state index in [1.54, 1.807) is 0 Å². The second-order valence-corrected chi connectivity index (χ2v) is 19.9. The van der Waals surface area contributed by atoms with Crippen LogP contribution in [0, 0.1) is 0 Å². The topological polar surface area (TPSA) is 175 Å². The molecule has 1 saturated heterocycles. The molecule has 12 heteroatoms. The number of aliphatic carboxylic acids is 1. The first-order chi connectivity index (χ1) is 35.6. The maximum Gasteiger partial charge on any atom is 0.335 e. The lowest BCUT2D eigenvalue weighted by Gasteiger charge is -2.40. The third-order valence-corrected chi connectivity index (χ3v) is 13.1. The maximum absolute atomic E-state index is 13.1. The number of esters is 3. The van der Waals surface area contributed by atoms with Gasteiger partial charge in [0, 0.05) is 19.3 Å². The summed E-state index contributed by atoms with van der Waals surface area (Å²) in [6.07, 6.45) is 47.6. The zero-order valence-electron chi connectivity index (χ0n) is 46.1. The Morgan fingerprint density at radius 2 is 0.890 bits per heavy atom. The summed E-state index contributed by atoms with van der Waals surface area (Å²) in [5.74, 6) is -3.14. The molecule has 0 bridgehead atoms. The first-order valence-corrected chi connectivity index (χ1v) is 29.3. The zero-order valence-corrected chi connectivity index (χ0v) is 46.1. The van der Waals surface area contributed by atoms with Crippen LogP contribution in [0.4, 0.5) is 0 Å². The summed E-state index contributed by atoms with van der Waals surface area (Å²) in [4.78, 5) is 51.1. The van der Waals surface area contributed by atoms with Crippen molar-refractivity contribution >= 4 is 23.9 Å². The molecule has 1 aliphatic rings. The number of hydrogen-bond acceptors (Lipinski definition) is 11. The van der Waals surface area contributed by atoms with E-state index in [-0.39, 0.29) is 25.9 Å². The summed E-state index contributed by atoms with van der Waals surface area (Å²) in [5.41, 5.74) is 0. The number of rotatable bonds is 49. The molecule has 420 valence electrons. The number of aliphatic hydroxyl groups is 2. The van der Waals surface area contributed by atoms with Gasteiger partial charge < -0.3 is 39.0 Å². The van der Waals surface area contributed by atoms with Gasteiger partial charge in [0.1, 0.15) is 18.8 Å². The fraction of sp³-hybridized carbons (Fsp3) is 0.770. The van der Waals surface area contributed by atoms with Gasteiger partial charge in [0.25, 0.3) is 0 Å². The molecule has 6 unspecified atom stereocenters. The quantitative estimate of drug-likeness (QED) is 0.0228. The molecule has 1 rings (SSSR count). The summed E-state index contributed by atoms with van der Waals surface area (Å²) in [7, 11) is 0. The Balaban J connectivity index is 2.69. The van der Waals surface area contributed by atoms with Crippen LogP contribution in [-0.4, -0.2) is 89.2 Å². The maximum atomic E-state index is 13.1. The van der Waals surface area contributed by atoms with E-state index in [1.807, 2.05) is 0 Å². The number of carboxylic acids is 1. The van der Waals surface area contributed by atoms with Crippen LogP contribution in [-0.2, 0) is 42.9 Å². The first kappa shape index (κ1) is 67.4. The minimum atomic E-state index is -1.91. The Morgan fingerprint density at radius 1 is 0.466 bits per heavy atom. The highest BCUT2D eigenvalue weighted by Gasteiger charge is 2.50. The molecule has 0 aliphatic carbocycles. The molecule has 0 spiro atoms. The number of carboxylic acid groups (broad SMARTS) is 1. The molecule has 3 N–H and O–H groups in total. The van der Waals surface area contributed by atoms with Crippen molar-refractivity contribution in [3.05, 3.63) is 60.8 Å². The van der Waals surface area contributed by atoms with Crippen molar-refractivity contribution in [2.24, 2.45) is 0 Å². The highest BCUT2D eigenvalue weighted by molar-refractivity contribution is 5.74. The normalized spacial score (nSPS) is 18.7. The molecule has 12 nitrogen and oxygen atoms in total. The average molecular weight is 1030 g/mol. The SMILES string of the molecule is CC/C=C\C/C=C\C/C=C\CCCCCCCCCC(=O)OC1C(OCC(COC(=O)CCCCCCC/C=C\C/C=C\CCC)OC(=O)CCCCCCCCCCCCCCC)OC(C(=O)O)C(O)C1O. The van der Waals surface area contributed by atoms with Crippen molar-refractivity contribution in [2.45, 2.75) is 289 Å². The highest BCUT2D eigenvalue weighted by atomic mass is 16.7. The minimum Gasteiger partial charge on any atom is -0.479 e. The zero-order chi connectivity index (χ0) is 53.3. The number of allylic oxidation sites excluding steroid dienone is 10. The van der Waals surface area contributed by atoms with Crippen molar-refractivity contribution in [2.75, 3.05) is 13.2 Å². The standard InChI is InChI=1S/C61H104O12/c1-4-7-10-13-16-19-22-25-26-27-28-31-34-37-40-43-46-49-55(64)72-59-57(66)56(65)58(60(67)68)73-61(59)70-51-52(71-54(63)48-45-42-39-36-33-30-24-21-18-15-12-9-6-3)50-69-53(62)47-44-41-38-35-32-29-23-20-17-14-11-8-5-2/h7,10-11,14,16,19-20,23,25-26,52,56-59,61,65-66H,4-6,8-9,12-13,15,17-18,21-22,24,27-51H2,1-3H3,(H,67,68)/b10-7-,14-11-,19-16-,23-20-,26-25-. The molecular formula is C61H104O12. The number of aliphatic hydroxyl groups excluding tert-OH is 2. The van der Waals surface area contributed by atoms with Gasteiger partial charge in [-0.05, 0) is 77.0 Å². The van der Waals surface area contributed by atoms with Crippen LogP contribution in [0.2, 0.25) is 0 Å². The lowest BCUT2D eigenvalue weighted by Crippen LogP contribution is -2.61. The van der Waals surface area contributed by atoms with Crippen molar-refractivity contribution in [3.8, 4) is 0 Å². The predicted octanol–water partition coefficient (Wildman–Crippen LogP) is 14.8. The second kappa shape index (κ2) is 49.3. The van der Waals surface area contributed by atoms with Crippen LogP contribution in [0.1, 0.15) is 252 Å². The van der Waals surface area contributed by atoms with E-state index < -0.39 is 67.3 Å². The van der Waals surface area contributed by atoms with Gasteiger partial charge in [0.15, 0.2) is 24.6 Å². The highest BCUT2D eigenvalue weighted by Crippen LogP contribution is 2.26. The van der Waals surface area contributed by atoms with Crippen LogP contribution in [0.15, 0.2) is 60.8 Å². The smallest absolute Gasteiger partial charge is 0.335 e.